The van der Waals surface area contributed by atoms with E-state index in [1.807, 2.05) is 32.0 Å². The number of aliphatic hydroxyl groups is 1. The number of hydrogen-bond donors (Lipinski definition) is 3. The minimum atomic E-state index is -1.16. The largest absolute Gasteiger partial charge is 0.468 e. The molecule has 2 unspecified atom stereocenters. The minimum Gasteiger partial charge on any atom is -0.468 e. The fourth-order valence-corrected chi connectivity index (χ4v) is 3.62. The lowest BCUT2D eigenvalue weighted by atomic mass is 9.92. The Labute approximate surface area is 207 Å². The van der Waals surface area contributed by atoms with Crippen LogP contribution in [0, 0.1) is 19.8 Å². The first kappa shape index (κ1) is 29.9. The van der Waals surface area contributed by atoms with Crippen LogP contribution in [0.25, 0.3) is 0 Å². The highest BCUT2D eigenvalue weighted by Crippen LogP contribution is 2.29. The van der Waals surface area contributed by atoms with Gasteiger partial charge in [0.2, 0.25) is 11.8 Å². The summed E-state index contributed by atoms with van der Waals surface area (Å²) in [6.07, 6.45) is -0.771. The van der Waals surface area contributed by atoms with Crippen molar-refractivity contribution in [2.45, 2.75) is 66.2 Å². The molecule has 0 spiro atoms. The molecule has 35 heavy (non-hydrogen) atoms. The van der Waals surface area contributed by atoms with Crippen LogP contribution in [-0.2, 0) is 23.9 Å². The molecule has 1 rings (SSSR count). The van der Waals surface area contributed by atoms with Crippen LogP contribution in [0.3, 0.4) is 0 Å². The van der Waals surface area contributed by atoms with Gasteiger partial charge in [-0.3, -0.25) is 14.4 Å². The van der Waals surface area contributed by atoms with Crippen molar-refractivity contribution < 1.29 is 33.8 Å². The predicted molar refractivity (Wildman–Crippen MR) is 130 cm³/mol. The van der Waals surface area contributed by atoms with Gasteiger partial charge >= 0.3 is 12.1 Å². The van der Waals surface area contributed by atoms with Gasteiger partial charge in [-0.2, -0.15) is 0 Å². The van der Waals surface area contributed by atoms with E-state index in [9.17, 15) is 24.3 Å². The second kappa shape index (κ2) is 13.1. The molecule has 3 amide bonds. The number of nitrogens with zero attached hydrogens (tertiary/aromatic N) is 1. The quantitative estimate of drug-likeness (QED) is 0.425. The molecule has 1 aromatic rings. The van der Waals surface area contributed by atoms with Crippen LogP contribution in [0.5, 0.6) is 0 Å². The number of hydrogen-bond acceptors (Lipinski definition) is 7. The molecule has 2 atom stereocenters. The molecule has 3 N–H and O–H groups in total. The number of amides is 3. The van der Waals surface area contributed by atoms with Crippen molar-refractivity contribution in [1.82, 2.24) is 15.5 Å². The van der Waals surface area contributed by atoms with Crippen LogP contribution >= 0.6 is 0 Å². The topological polar surface area (TPSA) is 134 Å². The SMILES string of the molecule is COC(=O)CNC(=O)C(c1c(C)cccc1C)N(CCO)C(=O)C(NC(=O)OC(C)(C)C)C(C)C. The Morgan fingerprint density at radius 3 is 2.11 bits per heavy atom. The number of aliphatic hydroxyl groups excluding tert-OH is 1. The maximum atomic E-state index is 13.8. The molecule has 0 bridgehead atoms. The molecule has 0 fully saturated rings. The van der Waals surface area contributed by atoms with Crippen LogP contribution in [0.15, 0.2) is 18.2 Å². The van der Waals surface area contributed by atoms with Crippen molar-refractivity contribution in [3.63, 3.8) is 0 Å². The number of alkyl carbamates (subject to hydrolysis) is 1. The van der Waals surface area contributed by atoms with Gasteiger partial charge in [0.1, 0.15) is 24.2 Å². The molecule has 0 aromatic heterocycles. The normalized spacial score (nSPS) is 13.0. The standard InChI is InChI=1S/C25H39N3O7/c1-15(2)20(27-24(33)35-25(5,6)7)23(32)28(12-13-29)21(22(31)26-14-18(30)34-8)19-16(3)10-9-11-17(19)4/h9-11,15,20-21,29H,12-14H2,1-8H3,(H,26,31)(H,27,33). The summed E-state index contributed by atoms with van der Waals surface area (Å²) in [7, 11) is 1.20. The van der Waals surface area contributed by atoms with Crippen molar-refractivity contribution in [1.29, 1.82) is 0 Å². The van der Waals surface area contributed by atoms with E-state index in [2.05, 4.69) is 15.4 Å². The van der Waals surface area contributed by atoms with Gasteiger partial charge in [-0.25, -0.2) is 4.79 Å². The molecule has 0 aliphatic carbocycles. The summed E-state index contributed by atoms with van der Waals surface area (Å²) < 4.78 is 9.92. The van der Waals surface area contributed by atoms with E-state index in [4.69, 9.17) is 4.74 Å². The first-order valence-corrected chi connectivity index (χ1v) is 11.5. The number of esters is 1. The zero-order valence-electron chi connectivity index (χ0n) is 21.9. The summed E-state index contributed by atoms with van der Waals surface area (Å²) >= 11 is 0. The average Bonchev–Trinajstić information content (AvgIpc) is 2.75. The Morgan fingerprint density at radius 2 is 1.66 bits per heavy atom. The van der Waals surface area contributed by atoms with E-state index in [1.165, 1.54) is 12.0 Å². The lowest BCUT2D eigenvalue weighted by Crippen LogP contribution is -2.55. The fourth-order valence-electron chi connectivity index (χ4n) is 3.62. The Kier molecular flexibility index (Phi) is 11.2. The summed E-state index contributed by atoms with van der Waals surface area (Å²) in [4.78, 5) is 52.5. The third kappa shape index (κ3) is 8.86. The van der Waals surface area contributed by atoms with E-state index < -0.39 is 48.2 Å². The van der Waals surface area contributed by atoms with Crippen molar-refractivity contribution >= 4 is 23.9 Å². The number of ether oxygens (including phenoxy) is 2. The van der Waals surface area contributed by atoms with Gasteiger partial charge in [0.25, 0.3) is 0 Å². The maximum Gasteiger partial charge on any atom is 0.408 e. The Morgan fingerprint density at radius 1 is 1.09 bits per heavy atom. The number of carbonyl (C=O) groups excluding carboxylic acids is 4. The molecular weight excluding hydrogens is 454 g/mol. The van der Waals surface area contributed by atoms with Gasteiger partial charge in [0.15, 0.2) is 0 Å². The number of methoxy groups -OCH3 is 1. The fraction of sp³-hybridized carbons (Fsp3) is 0.600. The number of nitrogens with one attached hydrogen (secondary N) is 2. The summed E-state index contributed by atoms with van der Waals surface area (Å²) in [6.45, 7) is 11.3. The first-order valence-electron chi connectivity index (χ1n) is 11.5. The molecule has 0 aliphatic heterocycles. The highest BCUT2D eigenvalue weighted by molar-refractivity contribution is 5.93. The lowest BCUT2D eigenvalue weighted by molar-refractivity contribution is -0.145. The van der Waals surface area contributed by atoms with Gasteiger partial charge in [0.05, 0.1) is 13.7 Å². The summed E-state index contributed by atoms with van der Waals surface area (Å²) in [5, 5.41) is 14.9. The Bertz CT molecular complexity index is 889. The number of aryl methyl sites for hydroxylation is 2. The molecule has 196 valence electrons. The zero-order valence-corrected chi connectivity index (χ0v) is 21.9. The van der Waals surface area contributed by atoms with Crippen molar-refractivity contribution in [2.75, 3.05) is 26.8 Å². The van der Waals surface area contributed by atoms with Gasteiger partial charge < -0.3 is 30.1 Å². The third-order valence-corrected chi connectivity index (χ3v) is 5.24. The predicted octanol–water partition coefficient (Wildman–Crippen LogP) is 2.00. The Balaban J connectivity index is 3.50. The van der Waals surface area contributed by atoms with Gasteiger partial charge in [-0.1, -0.05) is 32.0 Å². The summed E-state index contributed by atoms with van der Waals surface area (Å²) in [5.41, 5.74) is 1.30. The van der Waals surface area contributed by atoms with Crippen LogP contribution in [0.2, 0.25) is 0 Å². The second-order valence-electron chi connectivity index (χ2n) is 9.63. The molecule has 10 nitrogen and oxygen atoms in total. The molecule has 10 heteroatoms. The molecule has 0 saturated heterocycles. The monoisotopic (exact) mass is 493 g/mol. The smallest absolute Gasteiger partial charge is 0.408 e. The summed E-state index contributed by atoms with van der Waals surface area (Å²) in [5.74, 6) is -2.19. The van der Waals surface area contributed by atoms with E-state index in [-0.39, 0.29) is 19.0 Å². The molecule has 0 saturated carbocycles. The molecule has 1 aromatic carbocycles. The molecule has 0 aliphatic rings. The van der Waals surface area contributed by atoms with Crippen LogP contribution in [0.1, 0.15) is 57.4 Å². The van der Waals surface area contributed by atoms with E-state index in [0.29, 0.717) is 5.56 Å². The number of benzene rings is 1. The van der Waals surface area contributed by atoms with Crippen molar-refractivity contribution in [3.05, 3.63) is 34.9 Å². The highest BCUT2D eigenvalue weighted by Gasteiger charge is 2.38. The first-order chi connectivity index (χ1) is 16.2. The van der Waals surface area contributed by atoms with Gasteiger partial charge in [-0.05, 0) is 57.2 Å². The van der Waals surface area contributed by atoms with E-state index in [0.717, 1.165) is 11.1 Å². The summed E-state index contributed by atoms with van der Waals surface area (Å²) in [6, 6.07) is 3.25. The second-order valence-corrected chi connectivity index (χ2v) is 9.63. The van der Waals surface area contributed by atoms with Crippen LogP contribution < -0.4 is 10.6 Å². The molecule has 0 radical (unpaired) electrons. The number of carbonyl (C=O) groups is 4. The third-order valence-electron chi connectivity index (χ3n) is 5.24. The minimum absolute atomic E-state index is 0.178. The average molecular weight is 494 g/mol. The van der Waals surface area contributed by atoms with Crippen molar-refractivity contribution in [3.8, 4) is 0 Å². The van der Waals surface area contributed by atoms with Gasteiger partial charge in [0, 0.05) is 6.54 Å². The lowest BCUT2D eigenvalue weighted by Gasteiger charge is -2.36. The zero-order chi connectivity index (χ0) is 26.9. The number of rotatable bonds is 10. The molecule has 0 heterocycles. The van der Waals surface area contributed by atoms with Crippen LogP contribution in [0.4, 0.5) is 4.79 Å². The van der Waals surface area contributed by atoms with Gasteiger partial charge in [-0.15, -0.1) is 0 Å². The maximum absolute atomic E-state index is 13.8. The molecular formula is C25H39N3O7. The van der Waals surface area contributed by atoms with Crippen LogP contribution in [-0.4, -0.2) is 72.3 Å². The van der Waals surface area contributed by atoms with Crippen molar-refractivity contribution in [2.24, 2.45) is 5.92 Å². The Hall–Kier alpha value is -3.14. The highest BCUT2D eigenvalue weighted by atomic mass is 16.6. The van der Waals surface area contributed by atoms with E-state index in [1.54, 1.807) is 34.6 Å². The van der Waals surface area contributed by atoms with E-state index >= 15 is 0 Å².